The van der Waals surface area contributed by atoms with Crippen molar-refractivity contribution in [2.24, 2.45) is 0 Å². The van der Waals surface area contributed by atoms with E-state index in [1.54, 1.807) is 24.3 Å². The third-order valence-electron chi connectivity index (χ3n) is 3.27. The minimum atomic E-state index is -0.144. The van der Waals surface area contributed by atoms with Crippen molar-refractivity contribution in [3.05, 3.63) is 59.1 Å². The number of carbonyl (C=O) groups excluding carboxylic acids is 1. The minimum absolute atomic E-state index is 0.144. The molecule has 3 nitrogen and oxygen atoms in total. The van der Waals surface area contributed by atoms with Crippen molar-refractivity contribution < 1.29 is 4.79 Å². The van der Waals surface area contributed by atoms with E-state index < -0.39 is 0 Å². The van der Waals surface area contributed by atoms with Gasteiger partial charge in [0.25, 0.3) is 5.91 Å². The zero-order valence-corrected chi connectivity index (χ0v) is 12.9. The molecule has 0 bridgehead atoms. The van der Waals surface area contributed by atoms with Gasteiger partial charge in [0.05, 0.1) is 0 Å². The summed E-state index contributed by atoms with van der Waals surface area (Å²) in [4.78, 5) is 12.1. The van der Waals surface area contributed by atoms with Crippen molar-refractivity contribution in [2.45, 2.75) is 26.3 Å². The second-order valence-electron chi connectivity index (χ2n) is 4.99. The lowest BCUT2D eigenvalue weighted by molar-refractivity contribution is 0.102. The fourth-order valence-electron chi connectivity index (χ4n) is 1.84. The summed E-state index contributed by atoms with van der Waals surface area (Å²) in [7, 11) is 0. The Morgan fingerprint density at radius 3 is 2.19 bits per heavy atom. The molecule has 4 heteroatoms. The van der Waals surface area contributed by atoms with Crippen molar-refractivity contribution >= 4 is 28.9 Å². The van der Waals surface area contributed by atoms with Crippen molar-refractivity contribution in [1.82, 2.24) is 0 Å². The first kappa shape index (κ1) is 15.4. The van der Waals surface area contributed by atoms with Crippen LogP contribution in [-0.2, 0) is 0 Å². The summed E-state index contributed by atoms with van der Waals surface area (Å²) in [6.07, 6.45) is 1.06. The van der Waals surface area contributed by atoms with Crippen LogP contribution in [0, 0.1) is 0 Å². The molecule has 110 valence electrons. The monoisotopic (exact) mass is 302 g/mol. The van der Waals surface area contributed by atoms with Crippen LogP contribution in [0.4, 0.5) is 11.4 Å². The van der Waals surface area contributed by atoms with Gasteiger partial charge < -0.3 is 10.6 Å². The molecule has 2 rings (SSSR count). The summed E-state index contributed by atoms with van der Waals surface area (Å²) in [6.45, 7) is 4.27. The number of halogens is 1. The van der Waals surface area contributed by atoms with Crippen LogP contribution in [0.25, 0.3) is 0 Å². The molecule has 0 aliphatic heterocycles. The summed E-state index contributed by atoms with van der Waals surface area (Å²) >= 11 is 5.81. The molecule has 2 N–H and O–H groups in total. The number of hydrogen-bond donors (Lipinski definition) is 2. The number of benzene rings is 2. The van der Waals surface area contributed by atoms with Crippen molar-refractivity contribution in [2.75, 3.05) is 10.6 Å². The Morgan fingerprint density at radius 1 is 1.05 bits per heavy atom. The Labute approximate surface area is 130 Å². The van der Waals surface area contributed by atoms with Gasteiger partial charge >= 0.3 is 0 Å². The molecule has 0 spiro atoms. The van der Waals surface area contributed by atoms with Gasteiger partial charge in [0.2, 0.25) is 0 Å². The Hall–Kier alpha value is -2.00. The number of hydrogen-bond acceptors (Lipinski definition) is 2. The average Bonchev–Trinajstić information content (AvgIpc) is 2.49. The normalized spacial score (nSPS) is 11.8. The predicted molar refractivity (Wildman–Crippen MR) is 89.2 cm³/mol. The quantitative estimate of drug-likeness (QED) is 0.832. The molecule has 0 aromatic heterocycles. The molecule has 0 aliphatic rings. The van der Waals surface area contributed by atoms with Gasteiger partial charge in [-0.25, -0.2) is 0 Å². The molecule has 0 fully saturated rings. The minimum Gasteiger partial charge on any atom is -0.383 e. The van der Waals surface area contributed by atoms with Gasteiger partial charge in [-0.05, 0) is 61.9 Å². The SMILES string of the molecule is CCC(C)Nc1ccc(NC(=O)c2ccc(Cl)cc2)cc1. The van der Waals surface area contributed by atoms with Gasteiger partial charge in [-0.1, -0.05) is 18.5 Å². The zero-order valence-electron chi connectivity index (χ0n) is 12.2. The van der Waals surface area contributed by atoms with E-state index in [2.05, 4.69) is 24.5 Å². The van der Waals surface area contributed by atoms with Crippen LogP contribution in [0.1, 0.15) is 30.6 Å². The molecule has 1 unspecified atom stereocenters. The van der Waals surface area contributed by atoms with Crippen molar-refractivity contribution in [1.29, 1.82) is 0 Å². The third kappa shape index (κ3) is 4.50. The topological polar surface area (TPSA) is 41.1 Å². The van der Waals surface area contributed by atoms with Gasteiger partial charge in [0, 0.05) is 28.0 Å². The maximum Gasteiger partial charge on any atom is 0.255 e. The van der Waals surface area contributed by atoms with Gasteiger partial charge in [0.1, 0.15) is 0 Å². The molecule has 0 saturated carbocycles. The van der Waals surface area contributed by atoms with E-state index in [9.17, 15) is 4.79 Å². The first-order chi connectivity index (χ1) is 10.1. The van der Waals surface area contributed by atoms with Crippen molar-refractivity contribution in [3.8, 4) is 0 Å². The van der Waals surface area contributed by atoms with Gasteiger partial charge in [-0.15, -0.1) is 0 Å². The van der Waals surface area contributed by atoms with E-state index in [0.29, 0.717) is 16.6 Å². The third-order valence-corrected chi connectivity index (χ3v) is 3.53. The molecular formula is C17H19ClN2O. The first-order valence-corrected chi connectivity index (χ1v) is 7.40. The highest BCUT2D eigenvalue weighted by molar-refractivity contribution is 6.30. The zero-order chi connectivity index (χ0) is 15.2. The first-order valence-electron chi connectivity index (χ1n) is 7.02. The Kier molecular flexibility index (Phi) is 5.23. The number of nitrogens with one attached hydrogen (secondary N) is 2. The number of anilines is 2. The summed E-state index contributed by atoms with van der Waals surface area (Å²) in [5.74, 6) is -0.144. The Bertz CT molecular complexity index is 593. The lowest BCUT2D eigenvalue weighted by Crippen LogP contribution is -2.14. The van der Waals surface area contributed by atoms with E-state index in [1.807, 2.05) is 24.3 Å². The lowest BCUT2D eigenvalue weighted by Gasteiger charge is -2.13. The Balaban J connectivity index is 1.99. The maximum absolute atomic E-state index is 12.1. The second kappa shape index (κ2) is 7.14. The van der Waals surface area contributed by atoms with Crippen LogP contribution >= 0.6 is 11.6 Å². The highest BCUT2D eigenvalue weighted by atomic mass is 35.5. The number of carbonyl (C=O) groups is 1. The largest absolute Gasteiger partial charge is 0.383 e. The second-order valence-corrected chi connectivity index (χ2v) is 5.43. The van der Waals surface area contributed by atoms with Gasteiger partial charge in [-0.3, -0.25) is 4.79 Å². The predicted octanol–water partition coefficient (Wildman–Crippen LogP) is 4.80. The van der Waals surface area contributed by atoms with E-state index in [4.69, 9.17) is 11.6 Å². The summed E-state index contributed by atoms with van der Waals surface area (Å²) in [6, 6.07) is 14.9. The van der Waals surface area contributed by atoms with E-state index in [0.717, 1.165) is 17.8 Å². The van der Waals surface area contributed by atoms with E-state index in [-0.39, 0.29) is 5.91 Å². The molecule has 1 atom stereocenters. The molecule has 2 aromatic rings. The smallest absolute Gasteiger partial charge is 0.255 e. The highest BCUT2D eigenvalue weighted by Gasteiger charge is 2.06. The molecule has 2 aromatic carbocycles. The number of rotatable bonds is 5. The van der Waals surface area contributed by atoms with Crippen LogP contribution in [0.5, 0.6) is 0 Å². The summed E-state index contributed by atoms with van der Waals surface area (Å²) < 4.78 is 0. The van der Waals surface area contributed by atoms with E-state index >= 15 is 0 Å². The van der Waals surface area contributed by atoms with Crippen LogP contribution < -0.4 is 10.6 Å². The van der Waals surface area contributed by atoms with Gasteiger partial charge in [-0.2, -0.15) is 0 Å². The summed E-state index contributed by atoms with van der Waals surface area (Å²) in [5, 5.41) is 6.86. The van der Waals surface area contributed by atoms with Gasteiger partial charge in [0.15, 0.2) is 0 Å². The Morgan fingerprint density at radius 2 is 1.62 bits per heavy atom. The van der Waals surface area contributed by atoms with Crippen LogP contribution in [0.3, 0.4) is 0 Å². The fraction of sp³-hybridized carbons (Fsp3) is 0.235. The maximum atomic E-state index is 12.1. The molecular weight excluding hydrogens is 284 g/mol. The molecule has 21 heavy (non-hydrogen) atoms. The number of amides is 1. The molecule has 0 radical (unpaired) electrons. The molecule has 0 saturated heterocycles. The van der Waals surface area contributed by atoms with E-state index in [1.165, 1.54) is 0 Å². The molecule has 0 aliphatic carbocycles. The average molecular weight is 303 g/mol. The molecule has 1 amide bonds. The van der Waals surface area contributed by atoms with Crippen LogP contribution in [-0.4, -0.2) is 11.9 Å². The van der Waals surface area contributed by atoms with Crippen molar-refractivity contribution in [3.63, 3.8) is 0 Å². The highest BCUT2D eigenvalue weighted by Crippen LogP contribution is 2.16. The van der Waals surface area contributed by atoms with Crippen LogP contribution in [0.15, 0.2) is 48.5 Å². The fourth-order valence-corrected chi connectivity index (χ4v) is 1.97. The standard InChI is InChI=1S/C17H19ClN2O/c1-3-12(2)19-15-8-10-16(11-9-15)20-17(21)13-4-6-14(18)7-5-13/h4-12,19H,3H2,1-2H3,(H,20,21). The van der Waals surface area contributed by atoms with Crippen LogP contribution in [0.2, 0.25) is 5.02 Å². The molecule has 0 heterocycles. The summed E-state index contributed by atoms with van der Waals surface area (Å²) in [5.41, 5.74) is 2.40. The lowest BCUT2D eigenvalue weighted by atomic mass is 10.2.